The lowest BCUT2D eigenvalue weighted by Crippen LogP contribution is -2.19. The number of rotatable bonds is 6. The third-order valence-corrected chi connectivity index (χ3v) is 5.75. The molecule has 0 aliphatic heterocycles. The summed E-state index contributed by atoms with van der Waals surface area (Å²) >= 11 is 0. The monoisotopic (exact) mass is 407 g/mol. The highest BCUT2D eigenvalue weighted by Crippen LogP contribution is 2.31. The van der Waals surface area contributed by atoms with Crippen molar-refractivity contribution in [2.75, 3.05) is 6.61 Å². The molecule has 1 unspecified atom stereocenters. The average Bonchev–Trinajstić information content (AvgIpc) is 3.53. The molecule has 5 rings (SSSR count). The Morgan fingerprint density at radius 3 is 2.67 bits per heavy atom. The molecule has 1 aliphatic rings. The molecule has 30 heavy (non-hydrogen) atoms. The molecule has 0 saturated heterocycles. The second-order valence-electron chi connectivity index (χ2n) is 7.92. The smallest absolute Gasteiger partial charge is 0.0999 e. The normalized spacial score (nSPS) is 16.3. The van der Waals surface area contributed by atoms with E-state index >= 15 is 0 Å². The molecule has 0 radical (unpaired) electrons. The Hall–Kier alpha value is -3.04. The molecular formula is C21H25N7O2. The van der Waals surface area contributed by atoms with E-state index in [0.717, 1.165) is 28.0 Å². The molecule has 1 fully saturated rings. The topological polar surface area (TPSA) is 106 Å². The molecule has 0 bridgehead atoms. The van der Waals surface area contributed by atoms with Gasteiger partial charge in [-0.05, 0) is 18.9 Å². The Bertz CT molecular complexity index is 1140. The number of aliphatic hydroxyl groups excluding tert-OH is 2. The van der Waals surface area contributed by atoms with Crippen molar-refractivity contribution in [3.63, 3.8) is 0 Å². The van der Waals surface area contributed by atoms with Gasteiger partial charge in [0.25, 0.3) is 0 Å². The molecule has 0 spiro atoms. The predicted octanol–water partition coefficient (Wildman–Crippen LogP) is 2.31. The summed E-state index contributed by atoms with van der Waals surface area (Å²) in [6, 6.07) is 2.42. The average molecular weight is 407 g/mol. The summed E-state index contributed by atoms with van der Waals surface area (Å²) < 4.78 is 5.51. The van der Waals surface area contributed by atoms with E-state index in [9.17, 15) is 5.11 Å². The van der Waals surface area contributed by atoms with Gasteiger partial charge in [-0.25, -0.2) is 9.50 Å². The van der Waals surface area contributed by atoms with Gasteiger partial charge in [0.2, 0.25) is 0 Å². The largest absolute Gasteiger partial charge is 0.394 e. The fraction of sp³-hybridized carbons (Fsp3) is 0.429. The van der Waals surface area contributed by atoms with Crippen LogP contribution < -0.4 is 0 Å². The zero-order valence-corrected chi connectivity index (χ0v) is 16.7. The highest BCUT2D eigenvalue weighted by molar-refractivity contribution is 5.78. The van der Waals surface area contributed by atoms with E-state index in [1.807, 2.05) is 29.2 Å². The second-order valence-corrected chi connectivity index (χ2v) is 7.92. The second kappa shape index (κ2) is 8.00. The first-order valence-electron chi connectivity index (χ1n) is 10.4. The minimum Gasteiger partial charge on any atom is -0.394 e. The summed E-state index contributed by atoms with van der Waals surface area (Å²) in [7, 11) is 0. The van der Waals surface area contributed by atoms with Crippen LogP contribution in [0.1, 0.15) is 38.1 Å². The zero-order chi connectivity index (χ0) is 20.5. The van der Waals surface area contributed by atoms with E-state index in [4.69, 9.17) is 10.1 Å². The lowest BCUT2D eigenvalue weighted by Gasteiger charge is -2.21. The molecule has 156 valence electrons. The fourth-order valence-corrected chi connectivity index (χ4v) is 4.15. The van der Waals surface area contributed by atoms with Crippen molar-refractivity contribution in [3.05, 3.63) is 43.2 Å². The summed E-state index contributed by atoms with van der Waals surface area (Å²) in [4.78, 5) is 4.91. The predicted molar refractivity (Wildman–Crippen MR) is 111 cm³/mol. The maximum Gasteiger partial charge on any atom is 0.0999 e. The summed E-state index contributed by atoms with van der Waals surface area (Å²) in [5.41, 5.74) is 4.27. The molecule has 0 amide bonds. The Balaban J connectivity index is 1.50. The van der Waals surface area contributed by atoms with E-state index in [2.05, 4.69) is 26.2 Å². The van der Waals surface area contributed by atoms with Gasteiger partial charge in [0.05, 0.1) is 67.0 Å². The highest BCUT2D eigenvalue weighted by atomic mass is 16.3. The molecule has 9 heteroatoms. The van der Waals surface area contributed by atoms with Crippen molar-refractivity contribution < 1.29 is 10.2 Å². The molecule has 1 saturated carbocycles. The van der Waals surface area contributed by atoms with Gasteiger partial charge in [-0.15, -0.1) is 0 Å². The quantitative estimate of drug-likeness (QED) is 0.508. The Morgan fingerprint density at radius 2 is 1.83 bits per heavy atom. The van der Waals surface area contributed by atoms with Gasteiger partial charge in [-0.2, -0.15) is 15.3 Å². The summed E-state index contributed by atoms with van der Waals surface area (Å²) in [5, 5.41) is 32.0. The van der Waals surface area contributed by atoms with Crippen LogP contribution in [0.15, 0.2) is 43.2 Å². The number of aliphatic hydroxyl groups is 2. The fourth-order valence-electron chi connectivity index (χ4n) is 4.15. The van der Waals surface area contributed by atoms with Crippen LogP contribution in [0.4, 0.5) is 0 Å². The molecule has 4 aromatic heterocycles. The first-order chi connectivity index (χ1) is 14.7. The molecule has 1 atom stereocenters. The van der Waals surface area contributed by atoms with E-state index in [1.165, 1.54) is 32.1 Å². The summed E-state index contributed by atoms with van der Waals surface area (Å²) in [6.07, 6.45) is 16.5. The van der Waals surface area contributed by atoms with Gasteiger partial charge < -0.3 is 10.2 Å². The van der Waals surface area contributed by atoms with Crippen molar-refractivity contribution in [3.8, 4) is 22.5 Å². The first kappa shape index (κ1) is 19.0. The number of aromatic nitrogens is 7. The van der Waals surface area contributed by atoms with Gasteiger partial charge in [-0.1, -0.05) is 19.3 Å². The van der Waals surface area contributed by atoms with Crippen molar-refractivity contribution in [1.29, 1.82) is 0 Å². The van der Waals surface area contributed by atoms with Crippen LogP contribution in [0.3, 0.4) is 0 Å². The van der Waals surface area contributed by atoms with Crippen LogP contribution in [0, 0.1) is 0 Å². The number of fused-ring (bicyclic) bond motifs is 1. The molecule has 2 N–H and O–H groups in total. The van der Waals surface area contributed by atoms with E-state index in [1.54, 1.807) is 17.1 Å². The highest BCUT2D eigenvalue weighted by Gasteiger charge is 2.18. The maximum absolute atomic E-state index is 9.66. The molecule has 4 heterocycles. The zero-order valence-electron chi connectivity index (χ0n) is 16.7. The van der Waals surface area contributed by atoms with Crippen molar-refractivity contribution >= 4 is 5.52 Å². The maximum atomic E-state index is 9.66. The van der Waals surface area contributed by atoms with Crippen LogP contribution in [0.25, 0.3) is 28.0 Å². The van der Waals surface area contributed by atoms with Crippen molar-refractivity contribution in [2.24, 2.45) is 0 Å². The minimum atomic E-state index is -0.847. The van der Waals surface area contributed by atoms with Gasteiger partial charge >= 0.3 is 0 Å². The van der Waals surface area contributed by atoms with E-state index in [-0.39, 0.29) is 13.2 Å². The molecule has 1 aliphatic carbocycles. The van der Waals surface area contributed by atoms with Crippen molar-refractivity contribution in [2.45, 2.75) is 50.8 Å². The number of hydrogen-bond acceptors (Lipinski definition) is 6. The Morgan fingerprint density at radius 1 is 1.00 bits per heavy atom. The van der Waals surface area contributed by atoms with Crippen LogP contribution in [-0.4, -0.2) is 57.1 Å². The lowest BCUT2D eigenvalue weighted by molar-refractivity contribution is 0.0783. The summed E-state index contributed by atoms with van der Waals surface area (Å²) in [6.45, 7) is -0.0800. The standard InChI is InChI=1S/C21H25N7O2/c29-14-18(30)12-26-10-15(8-23-26)19-13-28-20(6-7-22-28)21(25-19)16-9-24-27(11-16)17-4-2-1-3-5-17/h6-11,13,17-18,29-30H,1-5,12,14H2. The summed E-state index contributed by atoms with van der Waals surface area (Å²) in [5.74, 6) is 0. The van der Waals surface area contributed by atoms with Crippen LogP contribution in [0.5, 0.6) is 0 Å². The molecule has 9 nitrogen and oxygen atoms in total. The van der Waals surface area contributed by atoms with Gasteiger partial charge in [-0.3, -0.25) is 9.36 Å². The van der Waals surface area contributed by atoms with Crippen LogP contribution in [-0.2, 0) is 6.54 Å². The van der Waals surface area contributed by atoms with Crippen LogP contribution >= 0.6 is 0 Å². The molecule has 0 aromatic carbocycles. The van der Waals surface area contributed by atoms with Gasteiger partial charge in [0, 0.05) is 23.5 Å². The van der Waals surface area contributed by atoms with Gasteiger partial charge in [0.1, 0.15) is 0 Å². The Kier molecular flexibility index (Phi) is 5.06. The third kappa shape index (κ3) is 3.61. The third-order valence-electron chi connectivity index (χ3n) is 5.75. The van der Waals surface area contributed by atoms with Gasteiger partial charge in [0.15, 0.2) is 0 Å². The lowest BCUT2D eigenvalue weighted by atomic mass is 9.96. The van der Waals surface area contributed by atoms with E-state index < -0.39 is 6.10 Å². The van der Waals surface area contributed by atoms with Crippen molar-refractivity contribution in [1.82, 2.24) is 34.2 Å². The minimum absolute atomic E-state index is 0.224. The molecule has 4 aromatic rings. The first-order valence-corrected chi connectivity index (χ1v) is 10.4. The van der Waals surface area contributed by atoms with Crippen LogP contribution in [0.2, 0.25) is 0 Å². The number of nitrogens with zero attached hydrogens (tertiary/aromatic N) is 7. The SMILES string of the molecule is OCC(O)Cn1cc(-c2cn3nccc3c(-c3cnn(C4CCCCC4)c3)n2)cn1. The molecular weight excluding hydrogens is 382 g/mol. The number of hydrogen-bond donors (Lipinski definition) is 2. The Labute approximate surface area is 173 Å². The van der Waals surface area contributed by atoms with E-state index in [0.29, 0.717) is 6.04 Å².